The molecule has 1 unspecified atom stereocenters. The monoisotopic (exact) mass is 313 g/mol. The first-order valence-corrected chi connectivity index (χ1v) is 8.19. The molecule has 23 heavy (non-hydrogen) atoms. The molecular formula is C18H23N3O2. The highest BCUT2D eigenvalue weighted by Gasteiger charge is 2.20. The van der Waals surface area contributed by atoms with Gasteiger partial charge in [-0.3, -0.25) is 14.7 Å². The fraction of sp³-hybridized carbons (Fsp3) is 0.444. The number of nitrogens with zero attached hydrogens (tertiary/aromatic N) is 2. The Kier molecular flexibility index (Phi) is 4.76. The van der Waals surface area contributed by atoms with E-state index in [2.05, 4.69) is 29.3 Å². The number of fused-ring (bicyclic) bond motifs is 1. The van der Waals surface area contributed by atoms with Crippen LogP contribution in [0, 0.1) is 0 Å². The van der Waals surface area contributed by atoms with Gasteiger partial charge in [0, 0.05) is 37.5 Å². The number of rotatable bonds is 4. The molecule has 0 saturated carbocycles. The van der Waals surface area contributed by atoms with E-state index in [1.807, 2.05) is 25.1 Å². The number of aromatic nitrogens is 1. The lowest BCUT2D eigenvalue weighted by atomic mass is 10.1. The molecule has 0 radical (unpaired) electrons. The van der Waals surface area contributed by atoms with Gasteiger partial charge in [-0.25, -0.2) is 0 Å². The summed E-state index contributed by atoms with van der Waals surface area (Å²) in [7, 11) is 0. The Balaban J connectivity index is 1.77. The van der Waals surface area contributed by atoms with E-state index in [4.69, 9.17) is 9.72 Å². The maximum Gasteiger partial charge on any atom is 0.221 e. The van der Waals surface area contributed by atoms with Crippen molar-refractivity contribution in [3.8, 4) is 5.75 Å². The van der Waals surface area contributed by atoms with E-state index in [0.717, 1.165) is 35.4 Å². The standard InChI is InChI=1S/C18H23N3O2/c1-3-23-16-6-7-17-14(10-16)4-5-15(20-17)12-21-9-8-18(22)19-11-13(21)2/h4-7,10,13H,3,8-9,11-12H2,1-2H3,(H,19,22). The lowest BCUT2D eigenvalue weighted by Crippen LogP contribution is -2.37. The Morgan fingerprint density at radius 1 is 1.35 bits per heavy atom. The van der Waals surface area contributed by atoms with Gasteiger partial charge >= 0.3 is 0 Å². The van der Waals surface area contributed by atoms with Crippen LogP contribution in [0.2, 0.25) is 0 Å². The van der Waals surface area contributed by atoms with Crippen LogP contribution in [0.5, 0.6) is 5.75 Å². The van der Waals surface area contributed by atoms with Crippen molar-refractivity contribution < 1.29 is 9.53 Å². The molecule has 0 spiro atoms. The van der Waals surface area contributed by atoms with Crippen LogP contribution in [-0.2, 0) is 11.3 Å². The van der Waals surface area contributed by atoms with Gasteiger partial charge in [-0.1, -0.05) is 6.07 Å². The summed E-state index contributed by atoms with van der Waals surface area (Å²) in [5.41, 5.74) is 2.01. The third kappa shape index (κ3) is 3.79. The number of carbonyl (C=O) groups is 1. The third-order valence-electron chi connectivity index (χ3n) is 4.24. The van der Waals surface area contributed by atoms with E-state index in [-0.39, 0.29) is 5.91 Å². The third-order valence-corrected chi connectivity index (χ3v) is 4.24. The average molecular weight is 313 g/mol. The molecule has 1 aromatic heterocycles. The van der Waals surface area contributed by atoms with Gasteiger partial charge in [0.2, 0.25) is 5.91 Å². The zero-order valence-electron chi connectivity index (χ0n) is 13.7. The first kappa shape index (κ1) is 15.7. The molecule has 3 rings (SSSR count). The van der Waals surface area contributed by atoms with E-state index < -0.39 is 0 Å². The Hall–Kier alpha value is -2.14. The molecule has 0 bridgehead atoms. The van der Waals surface area contributed by atoms with E-state index >= 15 is 0 Å². The first-order valence-electron chi connectivity index (χ1n) is 8.19. The number of hydrogen-bond donors (Lipinski definition) is 1. The van der Waals surface area contributed by atoms with Gasteiger partial charge in [0.15, 0.2) is 0 Å². The van der Waals surface area contributed by atoms with Crippen LogP contribution in [0.4, 0.5) is 0 Å². The maximum absolute atomic E-state index is 11.5. The van der Waals surface area contributed by atoms with Crippen molar-refractivity contribution >= 4 is 16.8 Å². The van der Waals surface area contributed by atoms with Gasteiger partial charge in [0.1, 0.15) is 5.75 Å². The summed E-state index contributed by atoms with van der Waals surface area (Å²) >= 11 is 0. The highest BCUT2D eigenvalue weighted by Crippen LogP contribution is 2.21. The molecule has 1 amide bonds. The highest BCUT2D eigenvalue weighted by atomic mass is 16.5. The molecule has 0 aliphatic carbocycles. The molecule has 1 fully saturated rings. The lowest BCUT2D eigenvalue weighted by Gasteiger charge is -2.25. The summed E-state index contributed by atoms with van der Waals surface area (Å²) in [5, 5.41) is 4.03. The SMILES string of the molecule is CCOc1ccc2nc(CN3CCC(=O)NCC3C)ccc2c1. The number of nitrogens with one attached hydrogen (secondary N) is 1. The van der Waals surface area contributed by atoms with Gasteiger partial charge in [0.25, 0.3) is 0 Å². The van der Waals surface area contributed by atoms with Crippen molar-refractivity contribution in [2.75, 3.05) is 19.7 Å². The van der Waals surface area contributed by atoms with Crippen LogP contribution in [0.1, 0.15) is 26.0 Å². The van der Waals surface area contributed by atoms with Crippen LogP contribution in [0.3, 0.4) is 0 Å². The zero-order valence-corrected chi connectivity index (χ0v) is 13.7. The number of carbonyl (C=O) groups excluding carboxylic acids is 1. The van der Waals surface area contributed by atoms with Crippen LogP contribution >= 0.6 is 0 Å². The number of benzene rings is 1. The second-order valence-electron chi connectivity index (χ2n) is 5.96. The molecule has 5 nitrogen and oxygen atoms in total. The Morgan fingerprint density at radius 2 is 2.22 bits per heavy atom. The molecule has 2 aromatic rings. The molecular weight excluding hydrogens is 290 g/mol. The Bertz CT molecular complexity index is 702. The predicted molar refractivity (Wildman–Crippen MR) is 90.4 cm³/mol. The van der Waals surface area contributed by atoms with Gasteiger partial charge in [0.05, 0.1) is 17.8 Å². The normalized spacial score (nSPS) is 19.4. The summed E-state index contributed by atoms with van der Waals surface area (Å²) in [6.45, 7) is 7.02. The maximum atomic E-state index is 11.5. The molecule has 5 heteroatoms. The van der Waals surface area contributed by atoms with Crippen molar-refractivity contribution in [2.24, 2.45) is 0 Å². The molecule has 1 atom stereocenters. The summed E-state index contributed by atoms with van der Waals surface area (Å²) in [5.74, 6) is 1.01. The van der Waals surface area contributed by atoms with E-state index in [1.165, 1.54) is 0 Å². The van der Waals surface area contributed by atoms with Crippen LogP contribution < -0.4 is 10.1 Å². The summed E-state index contributed by atoms with van der Waals surface area (Å²) < 4.78 is 5.53. The average Bonchev–Trinajstić information content (AvgIpc) is 2.71. The van der Waals surface area contributed by atoms with E-state index in [1.54, 1.807) is 0 Å². The van der Waals surface area contributed by atoms with Crippen LogP contribution in [0.15, 0.2) is 30.3 Å². The molecule has 122 valence electrons. The van der Waals surface area contributed by atoms with Crippen molar-refractivity contribution in [2.45, 2.75) is 32.9 Å². The van der Waals surface area contributed by atoms with E-state index in [0.29, 0.717) is 25.6 Å². The minimum atomic E-state index is 0.134. The summed E-state index contributed by atoms with van der Waals surface area (Å²) in [6, 6.07) is 10.4. The second-order valence-corrected chi connectivity index (χ2v) is 5.96. The topological polar surface area (TPSA) is 54.5 Å². The molecule has 2 heterocycles. The smallest absolute Gasteiger partial charge is 0.221 e. The van der Waals surface area contributed by atoms with E-state index in [9.17, 15) is 4.79 Å². The summed E-state index contributed by atoms with van der Waals surface area (Å²) in [6.07, 6.45) is 0.551. The van der Waals surface area contributed by atoms with Crippen molar-refractivity contribution in [1.82, 2.24) is 15.2 Å². The molecule has 1 aliphatic rings. The quantitative estimate of drug-likeness (QED) is 0.941. The summed E-state index contributed by atoms with van der Waals surface area (Å²) in [4.78, 5) is 18.6. The Labute approximate surface area is 136 Å². The predicted octanol–water partition coefficient (Wildman–Crippen LogP) is 2.34. The Morgan fingerprint density at radius 3 is 3.04 bits per heavy atom. The molecule has 1 saturated heterocycles. The lowest BCUT2D eigenvalue weighted by molar-refractivity contribution is -0.120. The number of ether oxygens (including phenoxy) is 1. The number of pyridine rings is 1. The van der Waals surface area contributed by atoms with Crippen molar-refractivity contribution in [1.29, 1.82) is 0 Å². The molecule has 1 aromatic carbocycles. The van der Waals surface area contributed by atoms with Crippen molar-refractivity contribution in [3.05, 3.63) is 36.0 Å². The fourth-order valence-electron chi connectivity index (χ4n) is 2.88. The first-order chi connectivity index (χ1) is 11.2. The number of hydrogen-bond acceptors (Lipinski definition) is 4. The zero-order chi connectivity index (χ0) is 16.2. The minimum absolute atomic E-state index is 0.134. The second kappa shape index (κ2) is 6.96. The molecule has 1 N–H and O–H groups in total. The van der Waals surface area contributed by atoms with Gasteiger partial charge < -0.3 is 10.1 Å². The minimum Gasteiger partial charge on any atom is -0.494 e. The largest absolute Gasteiger partial charge is 0.494 e. The van der Waals surface area contributed by atoms with Crippen LogP contribution in [-0.4, -0.2) is 41.5 Å². The van der Waals surface area contributed by atoms with Crippen LogP contribution in [0.25, 0.3) is 10.9 Å². The highest BCUT2D eigenvalue weighted by molar-refractivity contribution is 5.80. The van der Waals surface area contributed by atoms with Gasteiger partial charge in [-0.05, 0) is 38.1 Å². The molecule has 1 aliphatic heterocycles. The van der Waals surface area contributed by atoms with Gasteiger partial charge in [-0.15, -0.1) is 0 Å². The number of amides is 1. The van der Waals surface area contributed by atoms with Gasteiger partial charge in [-0.2, -0.15) is 0 Å². The van der Waals surface area contributed by atoms with Crippen molar-refractivity contribution in [3.63, 3.8) is 0 Å². The fourth-order valence-corrected chi connectivity index (χ4v) is 2.88.